The Hall–Kier alpha value is -2.25. The number of amides is 1. The molecule has 1 aromatic carbocycles. The lowest BCUT2D eigenvalue weighted by molar-refractivity contribution is 0.0944. The number of hydrogen-bond donors (Lipinski definition) is 2. The van der Waals surface area contributed by atoms with Crippen LogP contribution < -0.4 is 10.7 Å². The summed E-state index contributed by atoms with van der Waals surface area (Å²) in [5.74, 6) is -0.931. The van der Waals surface area contributed by atoms with Crippen molar-refractivity contribution in [1.82, 2.24) is 20.1 Å². The van der Waals surface area contributed by atoms with Crippen LogP contribution >= 0.6 is 0 Å². The number of aromatic nitrogens is 1. The number of halogens is 1. The molecule has 1 aliphatic heterocycles. The molecule has 6 nitrogen and oxygen atoms in total. The maximum Gasteiger partial charge on any atom is 0.267 e. The Bertz CT molecular complexity index is 812. The van der Waals surface area contributed by atoms with Crippen molar-refractivity contribution >= 4 is 16.8 Å². The Morgan fingerprint density at radius 3 is 2.80 bits per heavy atom. The summed E-state index contributed by atoms with van der Waals surface area (Å²) in [6.45, 7) is 5.66. The Balaban J connectivity index is 1.56. The lowest BCUT2D eigenvalue weighted by Gasteiger charge is -2.32. The van der Waals surface area contributed by atoms with Crippen LogP contribution in [-0.4, -0.2) is 67.0 Å². The number of rotatable bonds is 5. The topological polar surface area (TPSA) is 68.4 Å². The molecule has 7 heteroatoms. The number of carbonyl (C=O) groups excluding carboxylic acids is 1. The molecule has 1 aromatic heterocycles. The lowest BCUT2D eigenvalue weighted by atomic mass is 10.2. The van der Waals surface area contributed by atoms with E-state index in [9.17, 15) is 14.0 Å². The number of carbonyl (C=O) groups is 1. The SMILES string of the molecule is CN1CCN(CCCNC(=O)c2cc(=O)c3cccc(F)c3[nH]2)CC1. The van der Waals surface area contributed by atoms with Crippen LogP contribution in [0.2, 0.25) is 0 Å². The normalized spacial score (nSPS) is 16.2. The van der Waals surface area contributed by atoms with E-state index in [0.717, 1.165) is 39.1 Å². The summed E-state index contributed by atoms with van der Waals surface area (Å²) in [4.78, 5) is 31.7. The van der Waals surface area contributed by atoms with Crippen molar-refractivity contribution in [2.45, 2.75) is 6.42 Å². The van der Waals surface area contributed by atoms with Gasteiger partial charge in [-0.15, -0.1) is 0 Å². The van der Waals surface area contributed by atoms with Gasteiger partial charge in [-0.1, -0.05) is 6.07 Å². The van der Waals surface area contributed by atoms with Crippen molar-refractivity contribution in [2.75, 3.05) is 46.3 Å². The number of aromatic amines is 1. The molecule has 3 rings (SSSR count). The molecule has 0 atom stereocenters. The second-order valence-electron chi connectivity index (χ2n) is 6.46. The molecule has 2 heterocycles. The van der Waals surface area contributed by atoms with E-state index in [4.69, 9.17) is 0 Å². The van der Waals surface area contributed by atoms with E-state index in [-0.39, 0.29) is 27.9 Å². The lowest BCUT2D eigenvalue weighted by Crippen LogP contribution is -2.45. The van der Waals surface area contributed by atoms with Crippen LogP contribution in [0.15, 0.2) is 29.1 Å². The quantitative estimate of drug-likeness (QED) is 0.794. The Labute approximate surface area is 145 Å². The van der Waals surface area contributed by atoms with E-state index in [0.29, 0.717) is 6.54 Å². The molecular formula is C18H23FN4O2. The average molecular weight is 346 g/mol. The summed E-state index contributed by atoms with van der Waals surface area (Å²) >= 11 is 0. The highest BCUT2D eigenvalue weighted by molar-refractivity contribution is 5.94. The van der Waals surface area contributed by atoms with Crippen molar-refractivity contribution in [3.8, 4) is 0 Å². The predicted molar refractivity (Wildman–Crippen MR) is 95.4 cm³/mol. The van der Waals surface area contributed by atoms with E-state index in [1.807, 2.05) is 0 Å². The van der Waals surface area contributed by atoms with Gasteiger partial charge in [-0.2, -0.15) is 0 Å². The van der Waals surface area contributed by atoms with E-state index >= 15 is 0 Å². The Morgan fingerprint density at radius 2 is 2.04 bits per heavy atom. The van der Waals surface area contributed by atoms with Crippen molar-refractivity contribution < 1.29 is 9.18 Å². The fourth-order valence-electron chi connectivity index (χ4n) is 3.03. The molecule has 0 unspecified atom stereocenters. The van der Waals surface area contributed by atoms with Crippen LogP contribution in [0.3, 0.4) is 0 Å². The number of hydrogen-bond acceptors (Lipinski definition) is 4. The van der Waals surface area contributed by atoms with Gasteiger partial charge in [-0.3, -0.25) is 9.59 Å². The van der Waals surface area contributed by atoms with E-state index < -0.39 is 5.82 Å². The third kappa shape index (κ3) is 4.24. The Morgan fingerprint density at radius 1 is 1.28 bits per heavy atom. The smallest absolute Gasteiger partial charge is 0.267 e. The largest absolute Gasteiger partial charge is 0.351 e. The van der Waals surface area contributed by atoms with Crippen LogP contribution in [0, 0.1) is 5.82 Å². The number of likely N-dealkylation sites (N-methyl/N-ethyl adjacent to an activating group) is 1. The number of fused-ring (bicyclic) bond motifs is 1. The zero-order valence-electron chi connectivity index (χ0n) is 14.3. The highest BCUT2D eigenvalue weighted by Crippen LogP contribution is 2.12. The second-order valence-corrected chi connectivity index (χ2v) is 6.46. The highest BCUT2D eigenvalue weighted by atomic mass is 19.1. The number of benzene rings is 1. The van der Waals surface area contributed by atoms with Gasteiger partial charge in [-0.05, 0) is 32.1 Å². The molecule has 2 aromatic rings. The predicted octanol–water partition coefficient (Wildman–Crippen LogP) is 1.03. The van der Waals surface area contributed by atoms with Crippen LogP contribution in [0.5, 0.6) is 0 Å². The molecule has 1 aliphatic rings. The van der Waals surface area contributed by atoms with Crippen molar-refractivity contribution in [1.29, 1.82) is 0 Å². The minimum absolute atomic E-state index is 0.0672. The van der Waals surface area contributed by atoms with Gasteiger partial charge in [0.25, 0.3) is 5.91 Å². The van der Waals surface area contributed by atoms with Crippen molar-refractivity contribution in [3.05, 3.63) is 46.0 Å². The fourth-order valence-corrected chi connectivity index (χ4v) is 3.03. The molecule has 0 radical (unpaired) electrons. The summed E-state index contributed by atoms with van der Waals surface area (Å²) in [5.41, 5.74) is -0.212. The van der Waals surface area contributed by atoms with E-state index in [1.165, 1.54) is 24.3 Å². The average Bonchev–Trinajstić information content (AvgIpc) is 2.61. The third-order valence-electron chi connectivity index (χ3n) is 4.59. The molecule has 0 saturated carbocycles. The first kappa shape index (κ1) is 17.6. The summed E-state index contributed by atoms with van der Waals surface area (Å²) in [6, 6.07) is 5.49. The van der Waals surface area contributed by atoms with Crippen LogP contribution in [0.1, 0.15) is 16.9 Å². The number of H-pyrrole nitrogens is 1. The number of nitrogens with one attached hydrogen (secondary N) is 2. The van der Waals surface area contributed by atoms with Crippen LogP contribution in [0.4, 0.5) is 4.39 Å². The van der Waals surface area contributed by atoms with Gasteiger partial charge in [0.1, 0.15) is 11.5 Å². The molecule has 25 heavy (non-hydrogen) atoms. The summed E-state index contributed by atoms with van der Waals surface area (Å²) in [5, 5.41) is 3.03. The molecule has 1 saturated heterocycles. The number of nitrogens with zero attached hydrogens (tertiary/aromatic N) is 2. The first-order valence-corrected chi connectivity index (χ1v) is 8.55. The van der Waals surface area contributed by atoms with Gasteiger partial charge in [-0.25, -0.2) is 4.39 Å². The highest BCUT2D eigenvalue weighted by Gasteiger charge is 2.14. The zero-order valence-corrected chi connectivity index (χ0v) is 14.3. The van der Waals surface area contributed by atoms with Gasteiger partial charge in [0.15, 0.2) is 5.43 Å². The zero-order chi connectivity index (χ0) is 17.8. The van der Waals surface area contributed by atoms with Crippen molar-refractivity contribution in [2.24, 2.45) is 0 Å². The first-order chi connectivity index (χ1) is 12.0. The van der Waals surface area contributed by atoms with Gasteiger partial charge in [0.05, 0.1) is 5.52 Å². The van der Waals surface area contributed by atoms with Crippen LogP contribution in [0.25, 0.3) is 10.9 Å². The molecule has 1 amide bonds. The molecule has 0 bridgehead atoms. The standard InChI is InChI=1S/C18H23FN4O2/c1-22-8-10-23(11-9-22)7-3-6-20-18(25)15-12-16(24)13-4-2-5-14(19)17(13)21-15/h2,4-5,12H,3,6-11H2,1H3,(H,20,25)(H,21,24). The fraction of sp³-hybridized carbons (Fsp3) is 0.444. The minimum Gasteiger partial charge on any atom is -0.351 e. The molecule has 0 spiro atoms. The molecule has 0 aliphatic carbocycles. The Kier molecular flexibility index (Phi) is 5.45. The van der Waals surface area contributed by atoms with E-state index in [2.05, 4.69) is 27.1 Å². The van der Waals surface area contributed by atoms with Crippen LogP contribution in [-0.2, 0) is 0 Å². The maximum atomic E-state index is 13.8. The van der Waals surface area contributed by atoms with Gasteiger partial charge in [0, 0.05) is 44.2 Å². The first-order valence-electron chi connectivity index (χ1n) is 8.55. The summed E-state index contributed by atoms with van der Waals surface area (Å²) in [7, 11) is 2.12. The molecular weight excluding hydrogens is 323 g/mol. The molecule has 134 valence electrons. The van der Waals surface area contributed by atoms with Gasteiger partial charge in [0.2, 0.25) is 0 Å². The summed E-state index contributed by atoms with van der Waals surface area (Å²) < 4.78 is 13.8. The summed E-state index contributed by atoms with van der Waals surface area (Å²) in [6.07, 6.45) is 0.835. The third-order valence-corrected chi connectivity index (χ3v) is 4.59. The van der Waals surface area contributed by atoms with Gasteiger partial charge < -0.3 is 20.1 Å². The maximum absolute atomic E-state index is 13.8. The molecule has 1 fully saturated rings. The van der Waals surface area contributed by atoms with Crippen molar-refractivity contribution in [3.63, 3.8) is 0 Å². The van der Waals surface area contributed by atoms with E-state index in [1.54, 1.807) is 0 Å². The number of pyridine rings is 1. The second kappa shape index (κ2) is 7.76. The number of para-hydroxylation sites is 1. The number of piperazine rings is 1. The monoisotopic (exact) mass is 346 g/mol. The minimum atomic E-state index is -0.542. The van der Waals surface area contributed by atoms with Gasteiger partial charge >= 0.3 is 0 Å². The molecule has 2 N–H and O–H groups in total.